The van der Waals surface area contributed by atoms with Gasteiger partial charge in [0.25, 0.3) is 0 Å². The number of hydrogen-bond acceptors (Lipinski definition) is 4. The van der Waals surface area contributed by atoms with E-state index < -0.39 is 6.23 Å². The summed E-state index contributed by atoms with van der Waals surface area (Å²) in [6, 6.07) is 0. The molecule has 4 nitrogen and oxygen atoms in total. The summed E-state index contributed by atoms with van der Waals surface area (Å²) in [6.45, 7) is 0.492. The maximum atomic E-state index is 9.44. The van der Waals surface area contributed by atoms with Crippen molar-refractivity contribution in [2.45, 2.75) is 12.3 Å². The van der Waals surface area contributed by atoms with Crippen LogP contribution in [0.3, 0.4) is 0 Å². The third kappa shape index (κ3) is 1.13. The van der Waals surface area contributed by atoms with E-state index >= 15 is 0 Å². The molecule has 0 aromatic heterocycles. The first-order valence-corrected chi connectivity index (χ1v) is 2.21. The van der Waals surface area contributed by atoms with Gasteiger partial charge >= 0.3 is 0 Å². The number of aliphatic imine (C=N–C) groups is 1. The summed E-state index contributed by atoms with van der Waals surface area (Å²) in [4.78, 5) is 12.5. The molecule has 0 spiro atoms. The molecular formula is C4H5NO3. The van der Waals surface area contributed by atoms with Gasteiger partial charge in [-0.05, 0) is 0 Å². The summed E-state index contributed by atoms with van der Waals surface area (Å²) in [5.41, 5.74) is 0. The molecule has 0 bridgehead atoms. The molecule has 4 heteroatoms. The number of carbonyl (C=O) groups excluding carboxylic acids is 1. The number of isocyanates is 1. The molecule has 0 aromatic rings. The minimum atomic E-state index is -0.993. The highest BCUT2D eigenvalue weighted by Gasteiger charge is 2.30. The first-order chi connectivity index (χ1) is 3.84. The van der Waals surface area contributed by atoms with Gasteiger partial charge in [0.1, 0.15) is 6.10 Å². The fourth-order valence-corrected chi connectivity index (χ4v) is 0.365. The molecule has 44 valence electrons. The number of aliphatic hydroxyl groups excluding tert-OH is 1. The number of nitrogens with zero attached hydrogens (tertiary/aromatic N) is 1. The van der Waals surface area contributed by atoms with Gasteiger partial charge in [0.05, 0.1) is 6.61 Å². The lowest BCUT2D eigenvalue weighted by molar-refractivity contribution is 0.144. The van der Waals surface area contributed by atoms with Crippen LogP contribution in [0.15, 0.2) is 4.99 Å². The first kappa shape index (κ1) is 5.44. The Bertz CT molecular complexity index is 125. The van der Waals surface area contributed by atoms with Crippen LogP contribution in [0.2, 0.25) is 0 Å². The molecule has 1 saturated heterocycles. The van der Waals surface area contributed by atoms with Crippen molar-refractivity contribution in [1.82, 2.24) is 0 Å². The molecule has 8 heavy (non-hydrogen) atoms. The van der Waals surface area contributed by atoms with E-state index in [1.165, 1.54) is 6.08 Å². The second-order valence-electron chi connectivity index (χ2n) is 1.51. The molecule has 1 fully saturated rings. The summed E-state index contributed by atoms with van der Waals surface area (Å²) < 4.78 is 4.60. The topological polar surface area (TPSA) is 62.2 Å². The summed E-state index contributed by atoms with van der Waals surface area (Å²) in [5.74, 6) is 0. The highest BCUT2D eigenvalue weighted by atomic mass is 16.6. The number of ether oxygens (including phenoxy) is 1. The smallest absolute Gasteiger partial charge is 0.237 e. The van der Waals surface area contributed by atoms with Crippen molar-refractivity contribution in [3.05, 3.63) is 0 Å². The van der Waals surface area contributed by atoms with E-state index in [2.05, 4.69) is 9.73 Å². The molecule has 2 atom stereocenters. The molecule has 0 aromatic carbocycles. The van der Waals surface area contributed by atoms with E-state index in [-0.39, 0.29) is 6.10 Å². The third-order valence-corrected chi connectivity index (χ3v) is 0.877. The fraction of sp³-hybridized carbons (Fsp3) is 0.750. The molecule has 0 saturated carbocycles. The average molecular weight is 115 g/mol. The van der Waals surface area contributed by atoms with Crippen molar-refractivity contribution in [2.75, 3.05) is 6.61 Å². The van der Waals surface area contributed by atoms with Crippen molar-refractivity contribution in [3.63, 3.8) is 0 Å². The van der Waals surface area contributed by atoms with Gasteiger partial charge in [0.2, 0.25) is 6.08 Å². The second-order valence-corrected chi connectivity index (χ2v) is 1.51. The highest BCUT2D eigenvalue weighted by molar-refractivity contribution is 5.33. The van der Waals surface area contributed by atoms with Crippen molar-refractivity contribution in [3.8, 4) is 0 Å². The number of epoxide rings is 1. The van der Waals surface area contributed by atoms with Crippen molar-refractivity contribution in [2.24, 2.45) is 4.99 Å². The Morgan fingerprint density at radius 1 is 2.00 bits per heavy atom. The third-order valence-electron chi connectivity index (χ3n) is 0.877. The van der Waals surface area contributed by atoms with Gasteiger partial charge in [-0.15, -0.1) is 0 Å². The maximum absolute atomic E-state index is 9.44. The van der Waals surface area contributed by atoms with Gasteiger partial charge in [0.15, 0.2) is 6.23 Å². The van der Waals surface area contributed by atoms with Crippen molar-refractivity contribution < 1.29 is 14.6 Å². The molecule has 0 radical (unpaired) electrons. The van der Waals surface area contributed by atoms with E-state index in [9.17, 15) is 4.79 Å². The monoisotopic (exact) mass is 115 g/mol. The normalized spacial score (nSPS) is 28.4. The molecule has 2 unspecified atom stereocenters. The minimum absolute atomic E-state index is 0.253. The molecule has 1 aliphatic heterocycles. The van der Waals surface area contributed by atoms with E-state index in [0.29, 0.717) is 6.61 Å². The first-order valence-electron chi connectivity index (χ1n) is 2.21. The second kappa shape index (κ2) is 2.05. The van der Waals surface area contributed by atoms with Crippen LogP contribution < -0.4 is 0 Å². The lowest BCUT2D eigenvalue weighted by Gasteiger charge is -1.91. The predicted octanol–water partition coefficient (Wildman–Crippen LogP) is -0.961. The van der Waals surface area contributed by atoms with Crippen LogP contribution in [0.5, 0.6) is 0 Å². The van der Waals surface area contributed by atoms with Crippen LogP contribution in [0.25, 0.3) is 0 Å². The van der Waals surface area contributed by atoms with Crippen LogP contribution >= 0.6 is 0 Å². The zero-order chi connectivity index (χ0) is 5.98. The summed E-state index contributed by atoms with van der Waals surface area (Å²) in [6.07, 6.45) is -0.0125. The lowest BCUT2D eigenvalue weighted by atomic mass is 10.4. The van der Waals surface area contributed by atoms with Crippen LogP contribution in [-0.2, 0) is 9.53 Å². The van der Waals surface area contributed by atoms with Gasteiger partial charge in [-0.1, -0.05) is 0 Å². The molecule has 1 rings (SSSR count). The molecule has 1 heterocycles. The van der Waals surface area contributed by atoms with Crippen molar-refractivity contribution >= 4 is 6.08 Å². The van der Waals surface area contributed by atoms with Crippen LogP contribution in [0.1, 0.15) is 0 Å². The van der Waals surface area contributed by atoms with Gasteiger partial charge in [-0.3, -0.25) is 0 Å². The molecule has 0 aliphatic carbocycles. The minimum Gasteiger partial charge on any atom is -0.369 e. The Balaban J connectivity index is 2.32. The van der Waals surface area contributed by atoms with E-state index in [1.807, 2.05) is 0 Å². The standard InChI is InChI=1S/C4H5NO3/c6-2-5-4(7)3-1-8-3/h3-4,7H,1H2. The summed E-state index contributed by atoms with van der Waals surface area (Å²) in [7, 11) is 0. The SMILES string of the molecule is O=C=NC(O)C1CO1. The van der Waals surface area contributed by atoms with E-state index in [4.69, 9.17) is 5.11 Å². The quantitative estimate of drug-likeness (QED) is 0.286. The van der Waals surface area contributed by atoms with Crippen LogP contribution in [-0.4, -0.2) is 30.1 Å². The highest BCUT2D eigenvalue weighted by Crippen LogP contribution is 2.13. The zero-order valence-electron chi connectivity index (χ0n) is 4.07. The van der Waals surface area contributed by atoms with E-state index in [0.717, 1.165) is 0 Å². The van der Waals surface area contributed by atoms with Crippen LogP contribution in [0.4, 0.5) is 0 Å². The van der Waals surface area contributed by atoms with Crippen molar-refractivity contribution in [1.29, 1.82) is 0 Å². The maximum Gasteiger partial charge on any atom is 0.237 e. The number of aliphatic hydroxyl groups is 1. The Kier molecular flexibility index (Phi) is 1.39. The average Bonchev–Trinajstić information content (AvgIpc) is 2.45. The summed E-state index contributed by atoms with van der Waals surface area (Å²) in [5, 5.41) is 8.63. The molecular weight excluding hydrogens is 110 g/mol. The Labute approximate surface area is 45.8 Å². The number of hydrogen-bond donors (Lipinski definition) is 1. The van der Waals surface area contributed by atoms with Gasteiger partial charge in [0, 0.05) is 0 Å². The fourth-order valence-electron chi connectivity index (χ4n) is 0.365. The van der Waals surface area contributed by atoms with Gasteiger partial charge < -0.3 is 9.84 Å². The molecule has 0 amide bonds. The summed E-state index contributed by atoms with van der Waals surface area (Å²) >= 11 is 0. The largest absolute Gasteiger partial charge is 0.369 e. The Hall–Kier alpha value is -0.700. The zero-order valence-corrected chi connectivity index (χ0v) is 4.07. The Morgan fingerprint density at radius 2 is 2.62 bits per heavy atom. The molecule has 1 N–H and O–H groups in total. The molecule has 1 aliphatic rings. The lowest BCUT2D eigenvalue weighted by Crippen LogP contribution is -2.09. The number of rotatable bonds is 2. The Morgan fingerprint density at radius 3 is 3.00 bits per heavy atom. The van der Waals surface area contributed by atoms with Gasteiger partial charge in [-0.25, -0.2) is 4.79 Å². The van der Waals surface area contributed by atoms with Gasteiger partial charge in [-0.2, -0.15) is 4.99 Å². The van der Waals surface area contributed by atoms with E-state index in [1.54, 1.807) is 0 Å². The van der Waals surface area contributed by atoms with Crippen LogP contribution in [0, 0.1) is 0 Å². The predicted molar refractivity (Wildman–Crippen MR) is 23.9 cm³/mol.